The molecule has 102 valence electrons. The molecule has 0 spiro atoms. The molecule has 3 N–H and O–H groups in total. The van der Waals surface area contributed by atoms with Crippen LogP contribution in [0.2, 0.25) is 0 Å². The second-order valence-electron chi connectivity index (χ2n) is 4.19. The average Bonchev–Trinajstić information content (AvgIpc) is 2.98. The Kier molecular flexibility index (Phi) is 4.56. The van der Waals surface area contributed by atoms with Crippen molar-refractivity contribution in [1.29, 1.82) is 0 Å². The zero-order valence-electron chi connectivity index (χ0n) is 10.6. The van der Waals surface area contributed by atoms with Crippen LogP contribution < -0.4 is 5.32 Å². The molecule has 19 heavy (non-hydrogen) atoms. The molecule has 2 unspecified atom stereocenters. The zero-order chi connectivity index (χ0) is 13.7. The Hall–Kier alpha value is -1.83. The van der Waals surface area contributed by atoms with E-state index in [1.807, 2.05) is 0 Å². The number of rotatable bonds is 6. The lowest BCUT2D eigenvalue weighted by Crippen LogP contribution is -2.23. The van der Waals surface area contributed by atoms with Gasteiger partial charge in [0.2, 0.25) is 5.95 Å². The smallest absolute Gasteiger partial charge is 0.234 e. The lowest BCUT2D eigenvalue weighted by atomic mass is 10.1. The summed E-state index contributed by atoms with van der Waals surface area (Å²) in [6, 6.07) is 0. The highest BCUT2D eigenvalue weighted by Crippen LogP contribution is 2.17. The zero-order valence-corrected chi connectivity index (χ0v) is 10.6. The molecule has 0 aliphatic rings. The summed E-state index contributed by atoms with van der Waals surface area (Å²) in [4.78, 5) is 12.2. The molecule has 2 rings (SSSR count). The molecular weight excluding hydrogens is 246 g/mol. The van der Waals surface area contributed by atoms with Gasteiger partial charge in [-0.05, 0) is 20.0 Å². The minimum atomic E-state index is -0.981. The van der Waals surface area contributed by atoms with Crippen LogP contribution in [0.15, 0.2) is 31.1 Å². The largest absolute Gasteiger partial charge is 0.390 e. The van der Waals surface area contributed by atoms with Gasteiger partial charge in [-0.25, -0.2) is 15.0 Å². The molecule has 2 aromatic heterocycles. The maximum Gasteiger partial charge on any atom is 0.234 e. The van der Waals surface area contributed by atoms with E-state index in [2.05, 4.69) is 20.3 Å². The number of hydrogen-bond donors (Lipinski definition) is 3. The Morgan fingerprint density at radius 2 is 2.05 bits per heavy atom. The van der Waals surface area contributed by atoms with Crippen molar-refractivity contribution in [3.05, 3.63) is 36.7 Å². The van der Waals surface area contributed by atoms with E-state index in [-0.39, 0.29) is 0 Å². The van der Waals surface area contributed by atoms with E-state index in [1.54, 1.807) is 30.3 Å². The fraction of sp³-hybridized carbons (Fsp3) is 0.417. The molecule has 0 aliphatic carbocycles. The summed E-state index contributed by atoms with van der Waals surface area (Å²) in [7, 11) is 1.79. The highest BCUT2D eigenvalue weighted by Gasteiger charge is 2.18. The third-order valence-electron chi connectivity index (χ3n) is 2.79. The quantitative estimate of drug-likeness (QED) is 0.660. The van der Waals surface area contributed by atoms with Crippen molar-refractivity contribution in [2.45, 2.75) is 18.6 Å². The van der Waals surface area contributed by atoms with Crippen LogP contribution in [-0.4, -0.2) is 49.4 Å². The Labute approximate surface area is 111 Å². The van der Waals surface area contributed by atoms with E-state index in [9.17, 15) is 10.2 Å². The first-order valence-electron chi connectivity index (χ1n) is 6.03. The lowest BCUT2D eigenvalue weighted by Gasteiger charge is -2.17. The number of imidazole rings is 1. The number of aliphatic hydroxyl groups is 2. The van der Waals surface area contributed by atoms with Gasteiger partial charge in [0, 0.05) is 30.4 Å². The second kappa shape index (κ2) is 6.37. The van der Waals surface area contributed by atoms with Gasteiger partial charge in [0.1, 0.15) is 12.4 Å². The SMILES string of the molecule is CNCCC(O)C(O)c1cnc(-n2ccnc2)nc1. The van der Waals surface area contributed by atoms with E-state index in [1.165, 1.54) is 12.4 Å². The Morgan fingerprint density at radius 3 is 2.63 bits per heavy atom. The van der Waals surface area contributed by atoms with Gasteiger partial charge in [0.25, 0.3) is 0 Å². The minimum absolute atomic E-state index is 0.459. The molecule has 0 amide bonds. The maximum atomic E-state index is 9.96. The summed E-state index contributed by atoms with van der Waals surface area (Å²) in [6.45, 7) is 0.631. The molecule has 0 saturated carbocycles. The van der Waals surface area contributed by atoms with E-state index in [0.29, 0.717) is 24.5 Å². The van der Waals surface area contributed by atoms with E-state index in [0.717, 1.165) is 0 Å². The summed E-state index contributed by atoms with van der Waals surface area (Å²) < 4.78 is 1.66. The summed E-state index contributed by atoms with van der Waals surface area (Å²) in [6.07, 6.45) is 6.61. The van der Waals surface area contributed by atoms with Crippen molar-refractivity contribution in [2.75, 3.05) is 13.6 Å². The van der Waals surface area contributed by atoms with Crippen molar-refractivity contribution in [1.82, 2.24) is 24.8 Å². The molecule has 2 aromatic rings. The number of nitrogens with one attached hydrogen (secondary N) is 1. The topological polar surface area (TPSA) is 96.1 Å². The number of nitrogens with zero attached hydrogens (tertiary/aromatic N) is 4. The first-order valence-corrected chi connectivity index (χ1v) is 6.03. The van der Waals surface area contributed by atoms with E-state index in [4.69, 9.17) is 0 Å². The Bertz CT molecular complexity index is 485. The van der Waals surface area contributed by atoms with Crippen LogP contribution in [0.4, 0.5) is 0 Å². The minimum Gasteiger partial charge on any atom is -0.390 e. The number of hydrogen-bond acceptors (Lipinski definition) is 6. The maximum absolute atomic E-state index is 9.96. The van der Waals surface area contributed by atoms with Crippen LogP contribution in [0.5, 0.6) is 0 Å². The Balaban J connectivity index is 2.05. The molecular formula is C12H17N5O2. The van der Waals surface area contributed by atoms with Gasteiger partial charge in [-0.2, -0.15) is 0 Å². The summed E-state index contributed by atoms with van der Waals surface area (Å²) in [5, 5.41) is 22.7. The first kappa shape index (κ1) is 13.6. The molecule has 2 heterocycles. The fourth-order valence-corrected chi connectivity index (χ4v) is 1.67. The predicted octanol–water partition coefficient (Wildman–Crippen LogP) is -0.334. The lowest BCUT2D eigenvalue weighted by molar-refractivity contribution is 0.0136. The van der Waals surface area contributed by atoms with Crippen molar-refractivity contribution >= 4 is 0 Å². The predicted molar refractivity (Wildman–Crippen MR) is 68.7 cm³/mol. The molecule has 0 aromatic carbocycles. The normalized spacial score (nSPS) is 14.3. The van der Waals surface area contributed by atoms with Gasteiger partial charge >= 0.3 is 0 Å². The van der Waals surface area contributed by atoms with Gasteiger partial charge in [-0.1, -0.05) is 0 Å². The van der Waals surface area contributed by atoms with Crippen molar-refractivity contribution in [3.8, 4) is 5.95 Å². The third-order valence-corrected chi connectivity index (χ3v) is 2.79. The molecule has 0 fully saturated rings. The number of aliphatic hydroxyl groups excluding tert-OH is 2. The molecule has 0 bridgehead atoms. The number of aromatic nitrogens is 4. The van der Waals surface area contributed by atoms with Crippen LogP contribution in [0.25, 0.3) is 5.95 Å². The van der Waals surface area contributed by atoms with Gasteiger partial charge in [-0.3, -0.25) is 4.57 Å². The molecule has 0 radical (unpaired) electrons. The molecule has 2 atom stereocenters. The highest BCUT2D eigenvalue weighted by atomic mass is 16.3. The van der Waals surface area contributed by atoms with Crippen LogP contribution in [0.3, 0.4) is 0 Å². The fourth-order valence-electron chi connectivity index (χ4n) is 1.67. The van der Waals surface area contributed by atoms with Crippen LogP contribution in [0, 0.1) is 0 Å². The summed E-state index contributed by atoms with van der Waals surface area (Å²) >= 11 is 0. The third kappa shape index (κ3) is 3.34. The van der Waals surface area contributed by atoms with Gasteiger partial charge in [-0.15, -0.1) is 0 Å². The second-order valence-corrected chi connectivity index (χ2v) is 4.19. The standard InChI is InChI=1S/C12H17N5O2/c1-13-3-2-10(18)11(19)9-6-15-12(16-7-9)17-5-4-14-8-17/h4-8,10-11,13,18-19H,2-3H2,1H3. The van der Waals surface area contributed by atoms with Crippen molar-refractivity contribution < 1.29 is 10.2 Å². The summed E-state index contributed by atoms with van der Waals surface area (Å²) in [5.74, 6) is 0.471. The van der Waals surface area contributed by atoms with Crippen LogP contribution >= 0.6 is 0 Å². The first-order chi connectivity index (χ1) is 9.22. The van der Waals surface area contributed by atoms with E-state index >= 15 is 0 Å². The molecule has 0 saturated heterocycles. The molecule has 0 aliphatic heterocycles. The molecule has 7 nitrogen and oxygen atoms in total. The highest BCUT2D eigenvalue weighted by molar-refractivity contribution is 5.17. The molecule has 7 heteroatoms. The average molecular weight is 263 g/mol. The van der Waals surface area contributed by atoms with Crippen LogP contribution in [-0.2, 0) is 0 Å². The van der Waals surface area contributed by atoms with E-state index < -0.39 is 12.2 Å². The monoisotopic (exact) mass is 263 g/mol. The van der Waals surface area contributed by atoms with Gasteiger partial charge < -0.3 is 15.5 Å². The van der Waals surface area contributed by atoms with Crippen molar-refractivity contribution in [2.24, 2.45) is 0 Å². The van der Waals surface area contributed by atoms with Gasteiger partial charge in [0.05, 0.1) is 6.10 Å². The van der Waals surface area contributed by atoms with Crippen molar-refractivity contribution in [3.63, 3.8) is 0 Å². The van der Waals surface area contributed by atoms with Gasteiger partial charge in [0.15, 0.2) is 0 Å². The Morgan fingerprint density at radius 1 is 1.32 bits per heavy atom. The summed E-state index contributed by atoms with van der Waals surface area (Å²) in [5.41, 5.74) is 0.493. The van der Waals surface area contributed by atoms with Crippen LogP contribution in [0.1, 0.15) is 18.1 Å².